The van der Waals surface area contributed by atoms with E-state index in [2.05, 4.69) is 15.5 Å². The number of nitrogens with one attached hydrogen (secondary N) is 1. The summed E-state index contributed by atoms with van der Waals surface area (Å²) in [6.45, 7) is 6.88. The fraction of sp³-hybridized carbons (Fsp3) is 0.286. The molecule has 0 radical (unpaired) electrons. The molecule has 0 saturated heterocycles. The lowest BCUT2D eigenvalue weighted by Gasteiger charge is -2.12. The molecule has 1 heterocycles. The molecule has 0 bridgehead atoms. The Morgan fingerprint density at radius 3 is 2.52 bits per heavy atom. The van der Waals surface area contributed by atoms with E-state index in [4.69, 9.17) is 10.6 Å². The minimum absolute atomic E-state index is 0.0822. The van der Waals surface area contributed by atoms with Crippen LogP contribution in [0, 0.1) is 6.92 Å². The summed E-state index contributed by atoms with van der Waals surface area (Å²) in [6, 6.07) is 15.6. The highest BCUT2D eigenvalue weighted by atomic mass is 32.2. The number of nitrogens with two attached hydrogens (primary N) is 1. The molecule has 8 heteroatoms. The largest absolute Gasteiger partial charge is 0.494 e. The Balaban J connectivity index is 1.61. The molecule has 0 spiro atoms. The maximum absolute atomic E-state index is 12.4. The van der Waals surface area contributed by atoms with Gasteiger partial charge in [-0.25, -0.2) is 4.68 Å². The molecule has 152 valence electrons. The van der Waals surface area contributed by atoms with Crippen molar-refractivity contribution in [2.75, 3.05) is 12.4 Å². The number of amides is 1. The first-order valence-electron chi connectivity index (χ1n) is 9.41. The van der Waals surface area contributed by atoms with Crippen LogP contribution in [0.2, 0.25) is 0 Å². The Kier molecular flexibility index (Phi) is 6.77. The summed E-state index contributed by atoms with van der Waals surface area (Å²) < 4.78 is 6.86. The third-order valence-corrected chi connectivity index (χ3v) is 5.38. The van der Waals surface area contributed by atoms with Crippen LogP contribution in [0.15, 0.2) is 53.7 Å². The lowest BCUT2D eigenvalue weighted by molar-refractivity contribution is -0.120. The zero-order valence-corrected chi connectivity index (χ0v) is 17.6. The molecule has 1 atom stereocenters. The molecule has 0 unspecified atom stereocenters. The highest BCUT2D eigenvalue weighted by molar-refractivity contribution is 8.00. The lowest BCUT2D eigenvalue weighted by Crippen LogP contribution is -2.30. The molecule has 0 aliphatic rings. The standard InChI is InChI=1S/C21H25N5O2S/c1-4-28-18-11-9-17(10-12-18)19-24-25-21(26(19)22)29-15(3)20(27)23-13-16-7-5-14(2)6-8-16/h5-12,15H,4,13,22H2,1-3H3,(H,23,27)/t15-/m0/s1. The molecule has 29 heavy (non-hydrogen) atoms. The number of benzene rings is 2. The van der Waals surface area contributed by atoms with Crippen molar-refractivity contribution in [3.8, 4) is 17.1 Å². The molecule has 0 saturated carbocycles. The normalized spacial score (nSPS) is 11.8. The SMILES string of the molecule is CCOc1ccc(-c2nnc(S[C@@H](C)C(=O)NCc3ccc(C)cc3)n2N)cc1. The van der Waals surface area contributed by atoms with E-state index < -0.39 is 0 Å². The molecule has 1 amide bonds. The number of carbonyl (C=O) groups excluding carboxylic acids is 1. The molecule has 0 fully saturated rings. The van der Waals surface area contributed by atoms with Gasteiger partial charge in [0.2, 0.25) is 11.1 Å². The first-order chi connectivity index (χ1) is 14.0. The molecule has 1 aromatic heterocycles. The molecule has 3 rings (SSSR count). The van der Waals surface area contributed by atoms with Crippen LogP contribution in [0.1, 0.15) is 25.0 Å². The topological polar surface area (TPSA) is 95.1 Å². The van der Waals surface area contributed by atoms with Gasteiger partial charge in [0.05, 0.1) is 11.9 Å². The summed E-state index contributed by atoms with van der Waals surface area (Å²) in [5, 5.41) is 11.4. The van der Waals surface area contributed by atoms with Crippen LogP contribution in [0.3, 0.4) is 0 Å². The highest BCUT2D eigenvalue weighted by Gasteiger charge is 2.19. The quantitative estimate of drug-likeness (QED) is 0.437. The molecular formula is C21H25N5O2S. The van der Waals surface area contributed by atoms with Gasteiger partial charge in [-0.15, -0.1) is 10.2 Å². The van der Waals surface area contributed by atoms with Crippen molar-refractivity contribution >= 4 is 17.7 Å². The first kappa shape index (κ1) is 20.7. The van der Waals surface area contributed by atoms with Crippen molar-refractivity contribution in [2.45, 2.75) is 37.7 Å². The fourth-order valence-corrected chi connectivity index (χ4v) is 3.47. The number of thioether (sulfide) groups is 1. The predicted octanol–water partition coefficient (Wildman–Crippen LogP) is 3.16. The average Bonchev–Trinajstić information content (AvgIpc) is 3.08. The van der Waals surface area contributed by atoms with Gasteiger partial charge in [-0.3, -0.25) is 4.79 Å². The third-order valence-electron chi connectivity index (χ3n) is 4.33. The van der Waals surface area contributed by atoms with Gasteiger partial charge in [-0.1, -0.05) is 41.6 Å². The van der Waals surface area contributed by atoms with E-state index in [1.54, 1.807) is 0 Å². The van der Waals surface area contributed by atoms with Crippen LogP contribution in [0.4, 0.5) is 0 Å². The van der Waals surface area contributed by atoms with Gasteiger partial charge in [0.1, 0.15) is 5.75 Å². The molecule has 3 N–H and O–H groups in total. The fourth-order valence-electron chi connectivity index (χ4n) is 2.67. The van der Waals surface area contributed by atoms with Gasteiger partial charge >= 0.3 is 0 Å². The van der Waals surface area contributed by atoms with Gasteiger partial charge in [0, 0.05) is 12.1 Å². The van der Waals surface area contributed by atoms with E-state index in [-0.39, 0.29) is 11.2 Å². The van der Waals surface area contributed by atoms with E-state index in [0.29, 0.717) is 24.1 Å². The molecular weight excluding hydrogens is 386 g/mol. The molecule has 0 aliphatic carbocycles. The minimum Gasteiger partial charge on any atom is -0.494 e. The van der Waals surface area contributed by atoms with Crippen LogP contribution in [-0.4, -0.2) is 32.6 Å². The number of ether oxygens (including phenoxy) is 1. The van der Waals surface area contributed by atoms with Gasteiger partial charge in [-0.2, -0.15) is 0 Å². The number of hydrogen-bond acceptors (Lipinski definition) is 6. The van der Waals surface area contributed by atoms with Crippen molar-refractivity contribution < 1.29 is 9.53 Å². The van der Waals surface area contributed by atoms with Gasteiger partial charge in [-0.05, 0) is 50.6 Å². The second-order valence-electron chi connectivity index (χ2n) is 6.60. The first-order valence-corrected chi connectivity index (χ1v) is 10.3. The van der Waals surface area contributed by atoms with Crippen molar-refractivity contribution in [3.63, 3.8) is 0 Å². The number of nitrogens with zero attached hydrogens (tertiary/aromatic N) is 3. The van der Waals surface area contributed by atoms with E-state index in [1.807, 2.05) is 69.3 Å². The number of rotatable bonds is 8. The van der Waals surface area contributed by atoms with Crippen molar-refractivity contribution in [3.05, 3.63) is 59.7 Å². The average molecular weight is 412 g/mol. The highest BCUT2D eigenvalue weighted by Crippen LogP contribution is 2.26. The van der Waals surface area contributed by atoms with E-state index in [1.165, 1.54) is 22.0 Å². The summed E-state index contributed by atoms with van der Waals surface area (Å²) in [5.74, 6) is 7.40. The molecule has 2 aromatic carbocycles. The Morgan fingerprint density at radius 2 is 1.86 bits per heavy atom. The van der Waals surface area contributed by atoms with Crippen LogP contribution in [-0.2, 0) is 11.3 Å². The Hall–Kier alpha value is -3.00. The van der Waals surface area contributed by atoms with Crippen molar-refractivity contribution in [1.29, 1.82) is 0 Å². The minimum atomic E-state index is -0.361. The maximum atomic E-state index is 12.4. The monoisotopic (exact) mass is 411 g/mol. The number of hydrogen-bond donors (Lipinski definition) is 2. The summed E-state index contributed by atoms with van der Waals surface area (Å²) in [5.41, 5.74) is 3.07. The molecule has 0 aliphatic heterocycles. The summed E-state index contributed by atoms with van der Waals surface area (Å²) in [6.07, 6.45) is 0. The van der Waals surface area contributed by atoms with Gasteiger partial charge < -0.3 is 15.9 Å². The Labute approximate surface area is 174 Å². The summed E-state index contributed by atoms with van der Waals surface area (Å²) in [4.78, 5) is 12.4. The number of carbonyl (C=O) groups is 1. The van der Waals surface area contributed by atoms with E-state index in [0.717, 1.165) is 16.9 Å². The molecule has 3 aromatic rings. The van der Waals surface area contributed by atoms with Crippen molar-refractivity contribution in [1.82, 2.24) is 20.2 Å². The molecule has 7 nitrogen and oxygen atoms in total. The zero-order chi connectivity index (χ0) is 20.8. The second kappa shape index (κ2) is 9.47. The smallest absolute Gasteiger partial charge is 0.233 e. The van der Waals surface area contributed by atoms with Gasteiger partial charge in [0.25, 0.3) is 0 Å². The van der Waals surface area contributed by atoms with Crippen LogP contribution in [0.5, 0.6) is 5.75 Å². The second-order valence-corrected chi connectivity index (χ2v) is 7.91. The van der Waals surface area contributed by atoms with Crippen LogP contribution < -0.4 is 15.9 Å². The number of nitrogen functional groups attached to an aromatic ring is 1. The lowest BCUT2D eigenvalue weighted by atomic mass is 10.1. The Bertz CT molecular complexity index is 954. The van der Waals surface area contributed by atoms with Gasteiger partial charge in [0.15, 0.2) is 5.82 Å². The van der Waals surface area contributed by atoms with E-state index in [9.17, 15) is 4.79 Å². The predicted molar refractivity (Wildman–Crippen MR) is 115 cm³/mol. The Morgan fingerprint density at radius 1 is 1.17 bits per heavy atom. The van der Waals surface area contributed by atoms with E-state index >= 15 is 0 Å². The zero-order valence-electron chi connectivity index (χ0n) is 16.8. The third kappa shape index (κ3) is 5.29. The summed E-state index contributed by atoms with van der Waals surface area (Å²) >= 11 is 1.27. The number of aromatic nitrogens is 3. The van der Waals surface area contributed by atoms with Crippen LogP contribution in [0.25, 0.3) is 11.4 Å². The van der Waals surface area contributed by atoms with Crippen LogP contribution >= 0.6 is 11.8 Å². The van der Waals surface area contributed by atoms with Crippen molar-refractivity contribution in [2.24, 2.45) is 0 Å². The summed E-state index contributed by atoms with van der Waals surface area (Å²) in [7, 11) is 0. The number of aryl methyl sites for hydroxylation is 1. The maximum Gasteiger partial charge on any atom is 0.233 e.